The van der Waals surface area contributed by atoms with Gasteiger partial charge in [0.15, 0.2) is 0 Å². The number of amides is 2. The predicted octanol–water partition coefficient (Wildman–Crippen LogP) is 1.43. The molecule has 14 nitrogen and oxygen atoms in total. The van der Waals surface area contributed by atoms with Gasteiger partial charge in [0, 0.05) is 31.0 Å². The first-order valence-corrected chi connectivity index (χ1v) is 12.1. The molecule has 0 aliphatic heterocycles. The molecule has 2 N–H and O–H groups in total. The Balaban J connectivity index is 3.23. The van der Waals surface area contributed by atoms with Crippen LogP contribution < -0.4 is 10.6 Å². The number of nitrogens with zero attached hydrogens (tertiary/aromatic N) is 3. The first-order chi connectivity index (χ1) is 17.3. The molecular formula is C22H43N5O9. The summed E-state index contributed by atoms with van der Waals surface area (Å²) in [6.07, 6.45) is -0.284. The number of azide groups is 1. The molecule has 0 aromatic rings. The number of rotatable bonds is 24. The Morgan fingerprint density at radius 3 is 1.56 bits per heavy atom. The van der Waals surface area contributed by atoms with Gasteiger partial charge in [-0.3, -0.25) is 4.79 Å². The molecule has 0 bridgehead atoms. The van der Waals surface area contributed by atoms with Gasteiger partial charge in [-0.1, -0.05) is 5.11 Å². The van der Waals surface area contributed by atoms with Crippen LogP contribution in [0, 0.1) is 0 Å². The topological polar surface area (TPSA) is 172 Å². The lowest BCUT2D eigenvalue weighted by molar-refractivity contribution is -0.122. The second-order valence-electron chi connectivity index (χ2n) is 8.16. The van der Waals surface area contributed by atoms with Gasteiger partial charge in [0.2, 0.25) is 5.91 Å². The summed E-state index contributed by atoms with van der Waals surface area (Å²) in [7, 11) is 0. The number of nitrogens with one attached hydrogen (secondary N) is 2. The molecule has 0 saturated heterocycles. The molecule has 0 unspecified atom stereocenters. The van der Waals surface area contributed by atoms with E-state index in [1.165, 1.54) is 0 Å². The number of carbonyl (C=O) groups is 2. The zero-order valence-electron chi connectivity index (χ0n) is 21.8. The summed E-state index contributed by atoms with van der Waals surface area (Å²) >= 11 is 0. The fourth-order valence-corrected chi connectivity index (χ4v) is 2.29. The number of ether oxygens (including phenoxy) is 7. The Hall–Kier alpha value is -2.19. The summed E-state index contributed by atoms with van der Waals surface area (Å²) in [5.74, 6) is -0.156. The van der Waals surface area contributed by atoms with Gasteiger partial charge in [0.25, 0.3) is 0 Å². The van der Waals surface area contributed by atoms with E-state index in [0.29, 0.717) is 85.8 Å². The van der Waals surface area contributed by atoms with Gasteiger partial charge < -0.3 is 43.8 Å². The Labute approximate surface area is 213 Å². The van der Waals surface area contributed by atoms with E-state index in [0.717, 1.165) is 0 Å². The molecule has 2 amide bonds. The second-order valence-corrected chi connectivity index (χ2v) is 8.16. The molecule has 0 aromatic heterocycles. The van der Waals surface area contributed by atoms with Crippen LogP contribution in [0.1, 0.15) is 27.2 Å². The van der Waals surface area contributed by atoms with E-state index in [2.05, 4.69) is 20.7 Å². The number of carbonyl (C=O) groups excluding carboxylic acids is 2. The maximum atomic E-state index is 11.7. The standard InChI is InChI=1S/C22H43N5O9/c1-22(2,3)36-21(29)25-6-5-24-20(28)4-8-30-10-12-32-14-16-34-18-19-35-17-15-33-13-11-31-9-7-26-27-23/h4-19H2,1-3H3,(H,24,28)(H,25,29). The highest BCUT2D eigenvalue weighted by Crippen LogP contribution is 2.05. The Morgan fingerprint density at radius 2 is 1.11 bits per heavy atom. The van der Waals surface area contributed by atoms with Gasteiger partial charge in [-0.15, -0.1) is 0 Å². The van der Waals surface area contributed by atoms with E-state index in [4.69, 9.17) is 38.7 Å². The third kappa shape index (κ3) is 28.1. The highest BCUT2D eigenvalue weighted by Gasteiger charge is 2.15. The lowest BCUT2D eigenvalue weighted by Gasteiger charge is -2.19. The number of alkyl carbamates (subject to hydrolysis) is 1. The molecular weight excluding hydrogens is 478 g/mol. The predicted molar refractivity (Wildman–Crippen MR) is 131 cm³/mol. The molecule has 210 valence electrons. The maximum absolute atomic E-state index is 11.7. The minimum absolute atomic E-state index is 0.156. The van der Waals surface area contributed by atoms with Crippen molar-refractivity contribution in [2.75, 3.05) is 98.9 Å². The average Bonchev–Trinajstić information content (AvgIpc) is 2.81. The van der Waals surface area contributed by atoms with Crippen molar-refractivity contribution < 1.29 is 42.7 Å². The molecule has 0 rings (SSSR count). The van der Waals surface area contributed by atoms with Crippen LogP contribution in [0.4, 0.5) is 4.79 Å². The molecule has 0 radical (unpaired) electrons. The third-order valence-electron chi connectivity index (χ3n) is 3.85. The third-order valence-corrected chi connectivity index (χ3v) is 3.85. The first kappa shape index (κ1) is 33.8. The van der Waals surface area contributed by atoms with Crippen LogP contribution in [0.25, 0.3) is 10.4 Å². The zero-order valence-corrected chi connectivity index (χ0v) is 21.8. The summed E-state index contributed by atoms with van der Waals surface area (Å²) in [6.45, 7) is 11.4. The fourth-order valence-electron chi connectivity index (χ4n) is 2.29. The van der Waals surface area contributed by atoms with Gasteiger partial charge in [-0.05, 0) is 26.3 Å². The van der Waals surface area contributed by atoms with Crippen molar-refractivity contribution in [1.29, 1.82) is 0 Å². The van der Waals surface area contributed by atoms with Gasteiger partial charge in [0.05, 0.1) is 79.3 Å². The lowest BCUT2D eigenvalue weighted by atomic mass is 10.2. The summed E-state index contributed by atoms with van der Waals surface area (Å²) < 4.78 is 37.2. The van der Waals surface area contributed by atoms with Crippen molar-refractivity contribution in [3.05, 3.63) is 10.4 Å². The summed E-state index contributed by atoms with van der Waals surface area (Å²) in [5.41, 5.74) is 7.55. The first-order valence-electron chi connectivity index (χ1n) is 12.1. The molecule has 0 aliphatic rings. The SMILES string of the molecule is CC(C)(C)OC(=O)NCCNC(=O)CCOCCOCCOCCOCCOCCOCCN=[N+]=[N-]. The normalized spacial score (nSPS) is 11.1. The largest absolute Gasteiger partial charge is 0.444 e. The van der Waals surface area contributed by atoms with E-state index in [9.17, 15) is 9.59 Å². The highest BCUT2D eigenvalue weighted by molar-refractivity contribution is 5.76. The maximum Gasteiger partial charge on any atom is 0.407 e. The van der Waals surface area contributed by atoms with E-state index in [-0.39, 0.29) is 25.5 Å². The van der Waals surface area contributed by atoms with Crippen molar-refractivity contribution in [1.82, 2.24) is 10.6 Å². The number of hydrogen-bond donors (Lipinski definition) is 2. The minimum atomic E-state index is -0.554. The van der Waals surface area contributed by atoms with Gasteiger partial charge in [-0.2, -0.15) is 0 Å². The molecule has 0 atom stereocenters. The smallest absolute Gasteiger partial charge is 0.407 e. The van der Waals surface area contributed by atoms with Crippen LogP contribution in [-0.4, -0.2) is 117 Å². The van der Waals surface area contributed by atoms with Gasteiger partial charge >= 0.3 is 6.09 Å². The Morgan fingerprint density at radius 1 is 0.694 bits per heavy atom. The molecule has 0 heterocycles. The molecule has 36 heavy (non-hydrogen) atoms. The lowest BCUT2D eigenvalue weighted by Crippen LogP contribution is -2.38. The quantitative estimate of drug-likeness (QED) is 0.0824. The average molecular weight is 522 g/mol. The van der Waals surface area contributed by atoms with Crippen molar-refractivity contribution in [3.8, 4) is 0 Å². The van der Waals surface area contributed by atoms with Crippen molar-refractivity contribution in [3.63, 3.8) is 0 Å². The van der Waals surface area contributed by atoms with Gasteiger partial charge in [0.1, 0.15) is 5.60 Å². The van der Waals surface area contributed by atoms with Crippen molar-refractivity contribution in [2.24, 2.45) is 5.11 Å². The molecule has 0 saturated carbocycles. The van der Waals surface area contributed by atoms with Crippen LogP contribution in [-0.2, 0) is 38.0 Å². The number of hydrogen-bond acceptors (Lipinski definition) is 10. The second kappa shape index (κ2) is 24.5. The molecule has 14 heteroatoms. The molecule has 0 fully saturated rings. The molecule has 0 aliphatic carbocycles. The fraction of sp³-hybridized carbons (Fsp3) is 0.909. The Bertz CT molecular complexity index is 599. The summed E-state index contributed by atoms with van der Waals surface area (Å²) in [6, 6.07) is 0. The van der Waals surface area contributed by atoms with E-state index in [1.807, 2.05) is 0 Å². The van der Waals surface area contributed by atoms with E-state index < -0.39 is 11.7 Å². The summed E-state index contributed by atoms with van der Waals surface area (Å²) in [5, 5.41) is 8.62. The summed E-state index contributed by atoms with van der Waals surface area (Å²) in [4.78, 5) is 25.8. The molecule has 0 spiro atoms. The molecule has 0 aromatic carbocycles. The van der Waals surface area contributed by atoms with Crippen LogP contribution in [0.3, 0.4) is 0 Å². The van der Waals surface area contributed by atoms with E-state index >= 15 is 0 Å². The van der Waals surface area contributed by atoms with Crippen molar-refractivity contribution >= 4 is 12.0 Å². The Kier molecular flexibility index (Phi) is 23.0. The van der Waals surface area contributed by atoms with Crippen LogP contribution in [0.2, 0.25) is 0 Å². The van der Waals surface area contributed by atoms with Crippen molar-refractivity contribution in [2.45, 2.75) is 32.8 Å². The minimum Gasteiger partial charge on any atom is -0.444 e. The highest BCUT2D eigenvalue weighted by atomic mass is 16.6. The van der Waals surface area contributed by atoms with Crippen LogP contribution in [0.15, 0.2) is 5.11 Å². The van der Waals surface area contributed by atoms with Crippen LogP contribution >= 0.6 is 0 Å². The van der Waals surface area contributed by atoms with E-state index in [1.54, 1.807) is 20.8 Å². The zero-order chi connectivity index (χ0) is 26.7. The van der Waals surface area contributed by atoms with Gasteiger partial charge in [-0.25, -0.2) is 4.79 Å². The van der Waals surface area contributed by atoms with Crippen LogP contribution in [0.5, 0.6) is 0 Å². The monoisotopic (exact) mass is 521 g/mol.